The van der Waals surface area contributed by atoms with Gasteiger partial charge in [0.05, 0.1) is 17.3 Å². The van der Waals surface area contributed by atoms with Gasteiger partial charge in [0.2, 0.25) is 11.8 Å². The van der Waals surface area contributed by atoms with Gasteiger partial charge in [-0.15, -0.1) is 0 Å². The molecule has 4 N–H and O–H groups in total. The predicted octanol–water partition coefficient (Wildman–Crippen LogP) is 5.36. The molecule has 0 spiro atoms. The Morgan fingerprint density at radius 3 is 2.36 bits per heavy atom. The van der Waals surface area contributed by atoms with E-state index in [1.807, 2.05) is 24.3 Å². The Morgan fingerprint density at radius 1 is 0.952 bits per heavy atom. The van der Waals surface area contributed by atoms with E-state index in [2.05, 4.69) is 20.3 Å². The number of nitrogen functional groups attached to an aromatic ring is 1. The highest BCUT2D eigenvalue weighted by molar-refractivity contribution is 6.03. The Hall–Kier alpha value is -4.28. The van der Waals surface area contributed by atoms with Crippen LogP contribution in [0.25, 0.3) is 6.08 Å². The molecule has 2 aliphatic rings. The number of hydrogen-bond donors (Lipinski definition) is 3. The van der Waals surface area contributed by atoms with Crippen molar-refractivity contribution in [1.82, 2.24) is 4.90 Å². The highest BCUT2D eigenvalue weighted by Crippen LogP contribution is 2.36. The number of hydrogen-bond acceptors (Lipinski definition) is 6. The van der Waals surface area contributed by atoms with Crippen molar-refractivity contribution in [3.8, 4) is 5.75 Å². The van der Waals surface area contributed by atoms with Gasteiger partial charge in [-0.1, -0.05) is 36.4 Å². The molecule has 5 rings (SSSR count). The van der Waals surface area contributed by atoms with Gasteiger partial charge >= 0.3 is 6.61 Å². The van der Waals surface area contributed by atoms with Crippen molar-refractivity contribution in [3.63, 3.8) is 0 Å². The number of amides is 2. The first kappa shape index (κ1) is 29.2. The fourth-order valence-electron chi connectivity index (χ4n) is 5.55. The summed E-state index contributed by atoms with van der Waals surface area (Å²) in [6, 6.07) is 21.2. The molecule has 3 aromatic carbocycles. The third-order valence-corrected chi connectivity index (χ3v) is 7.75. The van der Waals surface area contributed by atoms with Crippen molar-refractivity contribution in [2.24, 2.45) is 5.92 Å². The van der Waals surface area contributed by atoms with E-state index in [4.69, 9.17) is 10.5 Å². The van der Waals surface area contributed by atoms with Crippen LogP contribution in [0.2, 0.25) is 0 Å². The zero-order valence-electron chi connectivity index (χ0n) is 23.0. The van der Waals surface area contributed by atoms with Crippen LogP contribution in [0.5, 0.6) is 5.75 Å². The van der Waals surface area contributed by atoms with Gasteiger partial charge in [0.25, 0.3) is 0 Å². The molecule has 0 aliphatic carbocycles. The summed E-state index contributed by atoms with van der Waals surface area (Å²) in [5.74, 6) is -0.739. The lowest BCUT2D eigenvalue weighted by atomic mass is 9.88. The van der Waals surface area contributed by atoms with Crippen LogP contribution in [-0.4, -0.2) is 55.7 Å². The third-order valence-electron chi connectivity index (χ3n) is 7.75. The molecule has 2 atom stereocenters. The van der Waals surface area contributed by atoms with Crippen LogP contribution in [0.15, 0.2) is 78.9 Å². The van der Waals surface area contributed by atoms with E-state index in [-0.39, 0.29) is 29.4 Å². The minimum absolute atomic E-state index is 0.0308. The summed E-state index contributed by atoms with van der Waals surface area (Å²) in [4.78, 5) is 28.3. The van der Waals surface area contributed by atoms with Crippen LogP contribution in [0.4, 0.5) is 25.8 Å². The van der Waals surface area contributed by atoms with Crippen molar-refractivity contribution in [1.29, 1.82) is 0 Å². The Bertz CT molecular complexity index is 1390. The van der Waals surface area contributed by atoms with Gasteiger partial charge in [-0.3, -0.25) is 14.5 Å². The number of anilines is 3. The van der Waals surface area contributed by atoms with Gasteiger partial charge in [0.1, 0.15) is 5.75 Å². The average Bonchev–Trinajstić information content (AvgIpc) is 3.45. The van der Waals surface area contributed by atoms with Gasteiger partial charge in [-0.05, 0) is 66.4 Å². The molecule has 3 aromatic rings. The zero-order chi connectivity index (χ0) is 29.5. The predicted molar refractivity (Wildman–Crippen MR) is 158 cm³/mol. The molecule has 8 nitrogen and oxygen atoms in total. The number of ether oxygens (including phenoxy) is 2. The Kier molecular flexibility index (Phi) is 9.45. The Balaban J connectivity index is 1.27. The molecule has 2 saturated heterocycles. The lowest BCUT2D eigenvalue weighted by Gasteiger charge is -2.31. The van der Waals surface area contributed by atoms with E-state index >= 15 is 0 Å². The molecule has 0 bridgehead atoms. The number of rotatable bonds is 9. The number of carbonyl (C=O) groups is 2. The summed E-state index contributed by atoms with van der Waals surface area (Å²) in [6.45, 7) is -0.144. The van der Waals surface area contributed by atoms with Crippen LogP contribution in [-0.2, 0) is 14.3 Å². The van der Waals surface area contributed by atoms with Crippen LogP contribution in [0.3, 0.4) is 0 Å². The van der Waals surface area contributed by atoms with Crippen LogP contribution < -0.4 is 21.1 Å². The minimum atomic E-state index is -2.91. The molecule has 2 aliphatic heterocycles. The first-order valence-corrected chi connectivity index (χ1v) is 14.0. The molecule has 2 fully saturated rings. The molecule has 42 heavy (non-hydrogen) atoms. The fourth-order valence-corrected chi connectivity index (χ4v) is 5.55. The molecular weight excluding hydrogens is 542 g/mol. The van der Waals surface area contributed by atoms with Crippen molar-refractivity contribution in [2.75, 3.05) is 42.7 Å². The number of halogens is 2. The highest BCUT2D eigenvalue weighted by Gasteiger charge is 2.41. The van der Waals surface area contributed by atoms with Crippen LogP contribution in [0.1, 0.15) is 29.9 Å². The summed E-state index contributed by atoms with van der Waals surface area (Å²) < 4.78 is 34.9. The second-order valence-electron chi connectivity index (χ2n) is 10.5. The van der Waals surface area contributed by atoms with E-state index < -0.39 is 6.61 Å². The maximum atomic E-state index is 13.5. The monoisotopic (exact) mass is 576 g/mol. The lowest BCUT2D eigenvalue weighted by molar-refractivity contribution is -0.120. The number of nitrogens with two attached hydrogens (primary N) is 1. The summed E-state index contributed by atoms with van der Waals surface area (Å²) in [7, 11) is 0. The fraction of sp³-hybridized carbons (Fsp3) is 0.312. The quantitative estimate of drug-likeness (QED) is 0.234. The summed E-state index contributed by atoms with van der Waals surface area (Å²) >= 11 is 0. The smallest absolute Gasteiger partial charge is 0.387 e. The zero-order valence-corrected chi connectivity index (χ0v) is 23.0. The molecule has 0 radical (unpaired) electrons. The lowest BCUT2D eigenvalue weighted by Crippen LogP contribution is -2.38. The summed E-state index contributed by atoms with van der Waals surface area (Å²) in [6.07, 6.45) is 5.03. The second-order valence-corrected chi connectivity index (χ2v) is 10.5. The maximum Gasteiger partial charge on any atom is 0.387 e. The van der Waals surface area contributed by atoms with Crippen molar-refractivity contribution in [2.45, 2.75) is 31.4 Å². The van der Waals surface area contributed by atoms with E-state index in [1.54, 1.807) is 42.5 Å². The number of nitrogens with one attached hydrogen (secondary N) is 2. The molecule has 2 heterocycles. The van der Waals surface area contributed by atoms with E-state index in [1.165, 1.54) is 18.2 Å². The standard InChI is InChI=1S/C32H34F2N4O4/c33-32(34)42-25-12-10-23(11-13-25)36-31(40)27-20-38(24-15-17-41-18-16-24)19-26(27)22-8-5-21(6-9-22)7-14-30(39)37-29-4-2-1-3-28(29)35/h1-14,24,26-27,32H,15-20,35H2,(H,36,40)(H,37,39). The molecule has 10 heteroatoms. The van der Waals surface area contributed by atoms with E-state index in [9.17, 15) is 18.4 Å². The molecule has 2 unspecified atom stereocenters. The molecule has 0 saturated carbocycles. The van der Waals surface area contributed by atoms with Crippen LogP contribution in [0, 0.1) is 5.92 Å². The number of nitrogens with zero attached hydrogens (tertiary/aromatic N) is 1. The average molecular weight is 577 g/mol. The van der Waals surface area contributed by atoms with Gasteiger partial charge in [0, 0.05) is 50.0 Å². The Labute approximate surface area is 243 Å². The number of carbonyl (C=O) groups excluding carboxylic acids is 2. The molecule has 220 valence electrons. The number of likely N-dealkylation sites (tertiary alicyclic amines) is 1. The number of para-hydroxylation sites is 2. The summed E-state index contributed by atoms with van der Waals surface area (Å²) in [5.41, 5.74) is 9.34. The van der Waals surface area contributed by atoms with Crippen molar-refractivity contribution < 1.29 is 27.8 Å². The normalized spacial score (nSPS) is 19.7. The highest BCUT2D eigenvalue weighted by atomic mass is 19.3. The minimum Gasteiger partial charge on any atom is -0.435 e. The first-order valence-electron chi connectivity index (χ1n) is 14.0. The Morgan fingerprint density at radius 2 is 1.67 bits per heavy atom. The number of benzene rings is 3. The second kappa shape index (κ2) is 13.6. The number of alkyl halides is 2. The maximum absolute atomic E-state index is 13.5. The van der Waals surface area contributed by atoms with E-state index in [0.29, 0.717) is 42.9 Å². The SMILES string of the molecule is Nc1ccccc1NC(=O)C=Cc1ccc(C2CN(C3CCOCC3)CC2C(=O)Nc2ccc(OC(F)F)cc2)cc1. The summed E-state index contributed by atoms with van der Waals surface area (Å²) in [5, 5.41) is 5.73. The molecule has 0 aromatic heterocycles. The van der Waals surface area contributed by atoms with Crippen LogP contribution >= 0.6 is 0 Å². The third kappa shape index (κ3) is 7.51. The largest absolute Gasteiger partial charge is 0.435 e. The van der Waals surface area contributed by atoms with Gasteiger partial charge in [-0.25, -0.2) is 0 Å². The topological polar surface area (TPSA) is 106 Å². The van der Waals surface area contributed by atoms with Crippen molar-refractivity contribution in [3.05, 3.63) is 90.0 Å². The van der Waals surface area contributed by atoms with Crippen molar-refractivity contribution >= 4 is 35.0 Å². The van der Waals surface area contributed by atoms with Gasteiger partial charge < -0.3 is 25.8 Å². The van der Waals surface area contributed by atoms with Gasteiger partial charge in [-0.2, -0.15) is 8.78 Å². The molecule has 2 amide bonds. The molecular formula is C32H34F2N4O4. The first-order chi connectivity index (χ1) is 20.4. The van der Waals surface area contributed by atoms with E-state index in [0.717, 1.165) is 30.5 Å². The van der Waals surface area contributed by atoms with Gasteiger partial charge in [0.15, 0.2) is 0 Å².